The lowest BCUT2D eigenvalue weighted by Crippen LogP contribution is -2.50. The molecule has 3 rings (SSSR count). The number of nitrogens with zero attached hydrogens (tertiary/aromatic N) is 1. The third kappa shape index (κ3) is 5.76. The molecule has 182 valence electrons. The first-order valence-corrected chi connectivity index (χ1v) is 12.0. The highest BCUT2D eigenvalue weighted by Crippen LogP contribution is 2.44. The Balaban J connectivity index is 1.68. The summed E-state index contributed by atoms with van der Waals surface area (Å²) in [5.74, 6) is -1.35. The highest BCUT2D eigenvalue weighted by atomic mass is 16.5. The molecular formula is C27H34N2O5. The van der Waals surface area contributed by atoms with Crippen molar-refractivity contribution in [2.45, 2.75) is 52.0 Å². The normalized spacial score (nSPS) is 13.2. The van der Waals surface area contributed by atoms with Crippen molar-refractivity contribution in [1.82, 2.24) is 10.2 Å². The van der Waals surface area contributed by atoms with Crippen molar-refractivity contribution >= 4 is 18.0 Å². The number of nitrogens with one attached hydrogen (secondary N) is 1. The molecule has 7 heteroatoms. The van der Waals surface area contributed by atoms with Crippen LogP contribution in [0, 0.1) is 5.92 Å². The second kappa shape index (κ2) is 11.7. The van der Waals surface area contributed by atoms with Crippen LogP contribution in [0.4, 0.5) is 4.79 Å². The molecule has 0 aromatic heterocycles. The molecule has 2 N–H and O–H groups in total. The van der Waals surface area contributed by atoms with Gasteiger partial charge in [0.1, 0.15) is 12.6 Å². The van der Waals surface area contributed by atoms with E-state index in [2.05, 4.69) is 31.3 Å². The van der Waals surface area contributed by atoms with Crippen LogP contribution >= 0.6 is 0 Å². The highest BCUT2D eigenvalue weighted by Gasteiger charge is 2.31. The van der Waals surface area contributed by atoms with E-state index in [4.69, 9.17) is 4.74 Å². The van der Waals surface area contributed by atoms with Crippen molar-refractivity contribution in [1.29, 1.82) is 0 Å². The number of amides is 2. The number of likely N-dealkylation sites (N-methyl/N-ethyl adjacent to an activating group) is 1. The Morgan fingerprint density at radius 2 is 1.53 bits per heavy atom. The van der Waals surface area contributed by atoms with Gasteiger partial charge in [-0.3, -0.25) is 9.59 Å². The fourth-order valence-electron chi connectivity index (χ4n) is 4.61. The molecule has 2 aromatic carbocycles. The van der Waals surface area contributed by atoms with Crippen LogP contribution in [0.2, 0.25) is 0 Å². The molecule has 2 amide bonds. The molecule has 0 fully saturated rings. The van der Waals surface area contributed by atoms with Crippen LogP contribution in [0.5, 0.6) is 0 Å². The number of rotatable bonds is 11. The number of hydrogen-bond donors (Lipinski definition) is 2. The molecule has 0 heterocycles. The van der Waals surface area contributed by atoms with E-state index < -0.39 is 30.4 Å². The highest BCUT2D eigenvalue weighted by molar-refractivity contribution is 5.89. The van der Waals surface area contributed by atoms with E-state index in [1.165, 1.54) is 0 Å². The number of hydrogen-bond acceptors (Lipinski definition) is 4. The summed E-state index contributed by atoms with van der Waals surface area (Å²) in [6, 6.07) is 14.8. The molecule has 1 unspecified atom stereocenters. The number of benzene rings is 2. The molecule has 34 heavy (non-hydrogen) atoms. The minimum absolute atomic E-state index is 0.0963. The van der Waals surface area contributed by atoms with Crippen LogP contribution < -0.4 is 5.32 Å². The Labute approximate surface area is 201 Å². The van der Waals surface area contributed by atoms with E-state index in [1.807, 2.05) is 43.3 Å². The summed E-state index contributed by atoms with van der Waals surface area (Å²) in [4.78, 5) is 38.8. The zero-order valence-corrected chi connectivity index (χ0v) is 20.1. The summed E-state index contributed by atoms with van der Waals surface area (Å²) < 4.78 is 5.52. The summed E-state index contributed by atoms with van der Waals surface area (Å²) in [6.07, 6.45) is 0.551. The smallest absolute Gasteiger partial charge is 0.407 e. The fraction of sp³-hybridized carbons (Fsp3) is 0.444. The van der Waals surface area contributed by atoms with E-state index >= 15 is 0 Å². The first-order valence-electron chi connectivity index (χ1n) is 12.0. The fourth-order valence-corrected chi connectivity index (χ4v) is 4.61. The van der Waals surface area contributed by atoms with Gasteiger partial charge < -0.3 is 20.1 Å². The summed E-state index contributed by atoms with van der Waals surface area (Å²) in [7, 11) is 0. The van der Waals surface area contributed by atoms with Crippen molar-refractivity contribution in [3.63, 3.8) is 0 Å². The van der Waals surface area contributed by atoms with E-state index in [9.17, 15) is 19.5 Å². The minimum atomic E-state index is -1.18. The van der Waals surface area contributed by atoms with Gasteiger partial charge in [0.25, 0.3) is 0 Å². The molecule has 1 aliphatic carbocycles. The predicted octanol–water partition coefficient (Wildman–Crippen LogP) is 4.65. The van der Waals surface area contributed by atoms with E-state index in [0.717, 1.165) is 35.1 Å². The largest absolute Gasteiger partial charge is 0.481 e. The van der Waals surface area contributed by atoms with E-state index in [0.29, 0.717) is 19.0 Å². The van der Waals surface area contributed by atoms with Gasteiger partial charge in [-0.25, -0.2) is 4.79 Å². The Morgan fingerprint density at radius 1 is 0.971 bits per heavy atom. The standard InChI is InChI=1S/C27H34N2O5/c1-4-18(5-2)16-29(6-3)26(32)24(15-25(30)31)28-27(33)34-17-23-21-13-9-7-11-19(21)20-12-8-10-14-22(20)23/h7-14,18,23-24H,4-6,15-17H2,1-3H3,(H,28,33)(H,30,31). The number of carboxylic acid groups (broad SMARTS) is 1. The van der Waals surface area contributed by atoms with Crippen LogP contribution in [-0.2, 0) is 14.3 Å². The van der Waals surface area contributed by atoms with Gasteiger partial charge in [0.05, 0.1) is 6.42 Å². The van der Waals surface area contributed by atoms with Gasteiger partial charge >= 0.3 is 12.1 Å². The van der Waals surface area contributed by atoms with Crippen molar-refractivity contribution < 1.29 is 24.2 Å². The van der Waals surface area contributed by atoms with Crippen LogP contribution in [-0.4, -0.2) is 53.7 Å². The molecule has 2 aromatic rings. The molecule has 0 saturated carbocycles. The first kappa shape index (κ1) is 25.3. The molecule has 7 nitrogen and oxygen atoms in total. The van der Waals surface area contributed by atoms with Crippen molar-refractivity contribution in [3.05, 3.63) is 59.7 Å². The average molecular weight is 467 g/mol. The summed E-state index contributed by atoms with van der Waals surface area (Å²) in [5, 5.41) is 11.8. The lowest BCUT2D eigenvalue weighted by molar-refractivity contribution is -0.142. The van der Waals surface area contributed by atoms with Gasteiger partial charge in [-0.05, 0) is 35.1 Å². The maximum absolute atomic E-state index is 13.1. The van der Waals surface area contributed by atoms with Crippen LogP contribution in [0.25, 0.3) is 11.1 Å². The number of carbonyl (C=O) groups excluding carboxylic acids is 2. The number of ether oxygens (including phenoxy) is 1. The monoisotopic (exact) mass is 466 g/mol. The number of carboxylic acids is 1. The van der Waals surface area contributed by atoms with Crippen molar-refractivity contribution in [3.8, 4) is 11.1 Å². The second-order valence-electron chi connectivity index (χ2n) is 8.68. The molecule has 0 bridgehead atoms. The number of fused-ring (bicyclic) bond motifs is 3. The molecular weight excluding hydrogens is 432 g/mol. The van der Waals surface area contributed by atoms with E-state index in [1.54, 1.807) is 4.90 Å². The zero-order chi connectivity index (χ0) is 24.7. The van der Waals surface area contributed by atoms with Gasteiger partial charge in [0.15, 0.2) is 0 Å². The van der Waals surface area contributed by atoms with Crippen LogP contribution in [0.15, 0.2) is 48.5 Å². The SMILES string of the molecule is CCC(CC)CN(CC)C(=O)C(CC(=O)O)NC(=O)OCC1c2ccccc2-c2ccccc21. The lowest BCUT2D eigenvalue weighted by atomic mass is 9.98. The molecule has 1 atom stereocenters. The predicted molar refractivity (Wildman–Crippen MR) is 131 cm³/mol. The van der Waals surface area contributed by atoms with Crippen LogP contribution in [0.3, 0.4) is 0 Å². The summed E-state index contributed by atoms with van der Waals surface area (Å²) in [5.41, 5.74) is 4.39. The first-order chi connectivity index (χ1) is 16.4. The molecule has 0 radical (unpaired) electrons. The topological polar surface area (TPSA) is 95.9 Å². The van der Waals surface area contributed by atoms with Crippen molar-refractivity contribution in [2.75, 3.05) is 19.7 Å². The molecule has 0 saturated heterocycles. The molecule has 1 aliphatic rings. The van der Waals surface area contributed by atoms with Gasteiger partial charge in [-0.15, -0.1) is 0 Å². The Hall–Kier alpha value is -3.35. The van der Waals surface area contributed by atoms with E-state index in [-0.39, 0.29) is 12.5 Å². The number of aliphatic carboxylic acids is 1. The Bertz CT molecular complexity index is 972. The Morgan fingerprint density at radius 3 is 2.03 bits per heavy atom. The minimum Gasteiger partial charge on any atom is -0.481 e. The van der Waals surface area contributed by atoms with Crippen molar-refractivity contribution in [2.24, 2.45) is 5.92 Å². The lowest BCUT2D eigenvalue weighted by Gasteiger charge is -2.29. The summed E-state index contributed by atoms with van der Waals surface area (Å²) >= 11 is 0. The van der Waals surface area contributed by atoms with Crippen LogP contribution in [0.1, 0.15) is 57.1 Å². The summed E-state index contributed by atoms with van der Waals surface area (Å²) in [6.45, 7) is 7.05. The quantitative estimate of drug-likeness (QED) is 0.502. The number of alkyl carbamates (subject to hydrolysis) is 1. The van der Waals surface area contributed by atoms with Gasteiger partial charge in [-0.2, -0.15) is 0 Å². The average Bonchev–Trinajstić information content (AvgIpc) is 3.16. The molecule has 0 aliphatic heterocycles. The third-order valence-corrected chi connectivity index (χ3v) is 6.64. The van der Waals surface area contributed by atoms with Gasteiger partial charge in [0.2, 0.25) is 5.91 Å². The van der Waals surface area contributed by atoms with Gasteiger partial charge in [0, 0.05) is 19.0 Å². The third-order valence-electron chi connectivity index (χ3n) is 6.64. The Kier molecular flexibility index (Phi) is 8.68. The number of carbonyl (C=O) groups is 3. The van der Waals surface area contributed by atoms with Gasteiger partial charge in [-0.1, -0.05) is 75.2 Å². The second-order valence-corrected chi connectivity index (χ2v) is 8.68. The zero-order valence-electron chi connectivity index (χ0n) is 20.1. The maximum atomic E-state index is 13.1. The maximum Gasteiger partial charge on any atom is 0.407 e. The molecule has 0 spiro atoms.